The number of aliphatic hydroxyl groups excluding tert-OH is 3. The smallest absolute Gasteiger partial charge is 0.255 e. The molecule has 6 atom stereocenters. The van der Waals surface area contributed by atoms with Gasteiger partial charge in [0.1, 0.15) is 29.4 Å². The summed E-state index contributed by atoms with van der Waals surface area (Å²) in [5.74, 6) is -10.6. The van der Waals surface area contributed by atoms with E-state index in [1.54, 1.807) is 6.92 Å². The van der Waals surface area contributed by atoms with Crippen LogP contribution >= 0.6 is 0 Å². The number of aliphatic hydroxyl groups is 4. The average Bonchev–Trinajstić information content (AvgIpc) is 2.98. The molecule has 238 valence electrons. The lowest BCUT2D eigenvalue weighted by Gasteiger charge is -2.53. The fourth-order valence-corrected chi connectivity index (χ4v) is 6.74. The molecule has 0 aromatic heterocycles. The molecule has 1 saturated carbocycles. The summed E-state index contributed by atoms with van der Waals surface area (Å²) in [6, 6.07) is 10.7. The maximum Gasteiger partial charge on any atom is 0.255 e. The van der Waals surface area contributed by atoms with E-state index in [2.05, 4.69) is 10.8 Å². The second-order valence-electron chi connectivity index (χ2n) is 11.6. The number of nitrogens with two attached hydrogens (primary N) is 1. The highest BCUT2D eigenvalue weighted by Gasteiger charge is 2.68. The molecular formula is C31H34N4O10. The quantitative estimate of drug-likeness (QED) is 0.0851. The summed E-state index contributed by atoms with van der Waals surface area (Å²) < 4.78 is 0. The number of fused-ring (bicyclic) bond motifs is 3. The van der Waals surface area contributed by atoms with Gasteiger partial charge in [0.25, 0.3) is 5.91 Å². The SMILES string of the molecule is CC1c2ccc(NC(=O)CNOCc3ccccc3)c(O)c2C(O)=C2C(=O)[C@]3(O)C(O)=C(C(N)=O)C(=O)[C@@H](N(C)C)C3C(O)C21. The Morgan fingerprint density at radius 2 is 1.73 bits per heavy atom. The Morgan fingerprint density at radius 3 is 2.36 bits per heavy atom. The number of amides is 2. The van der Waals surface area contributed by atoms with Gasteiger partial charge in [0, 0.05) is 11.5 Å². The number of phenols is 1. The number of rotatable bonds is 8. The molecule has 4 unspecified atom stereocenters. The summed E-state index contributed by atoms with van der Waals surface area (Å²) in [5.41, 5.74) is 4.14. The van der Waals surface area contributed by atoms with Gasteiger partial charge < -0.3 is 36.6 Å². The van der Waals surface area contributed by atoms with Crippen molar-refractivity contribution >= 4 is 34.8 Å². The van der Waals surface area contributed by atoms with Crippen LogP contribution < -0.4 is 16.5 Å². The number of likely N-dealkylation sites (N-methyl/N-ethyl adjacent to an activating group) is 1. The Morgan fingerprint density at radius 1 is 1.07 bits per heavy atom. The van der Waals surface area contributed by atoms with Crippen LogP contribution in [0.5, 0.6) is 5.75 Å². The van der Waals surface area contributed by atoms with Crippen molar-refractivity contribution in [2.75, 3.05) is 26.0 Å². The number of carbonyl (C=O) groups is 4. The van der Waals surface area contributed by atoms with Crippen LogP contribution in [0.15, 0.2) is 59.4 Å². The van der Waals surface area contributed by atoms with Crippen molar-refractivity contribution < 1.29 is 49.5 Å². The molecule has 1 fully saturated rings. The van der Waals surface area contributed by atoms with E-state index in [0.717, 1.165) is 5.56 Å². The normalized spacial score (nSPS) is 27.6. The maximum atomic E-state index is 14.1. The van der Waals surface area contributed by atoms with Crippen molar-refractivity contribution in [3.05, 3.63) is 76.1 Å². The second-order valence-corrected chi connectivity index (χ2v) is 11.6. The number of anilines is 1. The summed E-state index contributed by atoms with van der Waals surface area (Å²) in [7, 11) is 2.87. The zero-order valence-corrected chi connectivity index (χ0v) is 24.6. The van der Waals surface area contributed by atoms with Crippen LogP contribution in [-0.2, 0) is 30.6 Å². The van der Waals surface area contributed by atoms with Crippen molar-refractivity contribution in [2.45, 2.75) is 37.2 Å². The molecule has 0 aliphatic heterocycles. The predicted octanol–water partition coefficient (Wildman–Crippen LogP) is 0.156. The largest absolute Gasteiger partial charge is 0.508 e. The molecule has 9 N–H and O–H groups in total. The lowest BCUT2D eigenvalue weighted by Crippen LogP contribution is -2.70. The summed E-state index contributed by atoms with van der Waals surface area (Å²) in [4.78, 5) is 58.7. The molecule has 0 bridgehead atoms. The first-order chi connectivity index (χ1) is 21.2. The number of primary amides is 1. The second kappa shape index (κ2) is 11.7. The first kappa shape index (κ1) is 31.8. The van der Waals surface area contributed by atoms with Gasteiger partial charge in [0.2, 0.25) is 11.7 Å². The maximum absolute atomic E-state index is 14.1. The summed E-state index contributed by atoms with van der Waals surface area (Å²) >= 11 is 0. The molecule has 0 spiro atoms. The minimum absolute atomic E-state index is 0.114. The van der Waals surface area contributed by atoms with Crippen molar-refractivity contribution in [2.24, 2.45) is 17.6 Å². The predicted molar refractivity (Wildman–Crippen MR) is 158 cm³/mol. The molecule has 3 aliphatic carbocycles. The molecule has 14 heteroatoms. The van der Waals surface area contributed by atoms with Crippen LogP contribution in [-0.4, -0.2) is 92.2 Å². The molecule has 5 rings (SSSR count). The number of nitrogens with zero attached hydrogens (tertiary/aromatic N) is 1. The van der Waals surface area contributed by atoms with E-state index in [-0.39, 0.29) is 24.4 Å². The van der Waals surface area contributed by atoms with Crippen molar-refractivity contribution in [3.8, 4) is 5.75 Å². The van der Waals surface area contributed by atoms with Gasteiger partial charge in [-0.25, -0.2) is 0 Å². The third kappa shape index (κ3) is 4.96. The molecule has 3 aliphatic rings. The summed E-state index contributed by atoms with van der Waals surface area (Å²) in [6.45, 7) is 1.51. The van der Waals surface area contributed by atoms with Crippen molar-refractivity contribution in [1.82, 2.24) is 10.4 Å². The molecule has 0 radical (unpaired) electrons. The van der Waals surface area contributed by atoms with Crippen LogP contribution in [0.25, 0.3) is 5.76 Å². The van der Waals surface area contributed by atoms with Crippen molar-refractivity contribution in [3.63, 3.8) is 0 Å². The highest BCUT2D eigenvalue weighted by Crippen LogP contribution is 2.56. The van der Waals surface area contributed by atoms with E-state index in [1.165, 1.54) is 31.1 Å². The van der Waals surface area contributed by atoms with Gasteiger partial charge in [-0.2, -0.15) is 5.48 Å². The minimum atomic E-state index is -3.02. The molecule has 2 aromatic carbocycles. The van der Waals surface area contributed by atoms with Gasteiger partial charge in [-0.3, -0.25) is 28.9 Å². The third-order valence-corrected chi connectivity index (χ3v) is 8.82. The number of aromatic hydroxyl groups is 1. The fraction of sp³-hybridized carbons (Fsp3) is 0.355. The van der Waals surface area contributed by atoms with Crippen LogP contribution in [0.2, 0.25) is 0 Å². The number of carbonyl (C=O) groups excluding carboxylic acids is 4. The van der Waals surface area contributed by atoms with Gasteiger partial charge >= 0.3 is 0 Å². The minimum Gasteiger partial charge on any atom is -0.508 e. The first-order valence-electron chi connectivity index (χ1n) is 14.1. The van der Waals surface area contributed by atoms with Gasteiger partial charge in [-0.1, -0.05) is 43.3 Å². The summed E-state index contributed by atoms with van der Waals surface area (Å²) in [6.07, 6.45) is -1.70. The third-order valence-electron chi connectivity index (χ3n) is 8.82. The van der Waals surface area contributed by atoms with Gasteiger partial charge in [-0.15, -0.1) is 0 Å². The fourth-order valence-electron chi connectivity index (χ4n) is 6.74. The van der Waals surface area contributed by atoms with Crippen molar-refractivity contribution in [1.29, 1.82) is 0 Å². The molecule has 2 aromatic rings. The Kier molecular flexibility index (Phi) is 8.29. The number of phenolic OH excluding ortho intramolecular Hbond substituents is 1. The van der Waals surface area contributed by atoms with Gasteiger partial charge in [0.05, 0.1) is 35.9 Å². The number of ketones is 2. The molecule has 0 heterocycles. The zero-order valence-electron chi connectivity index (χ0n) is 24.6. The van der Waals surface area contributed by atoms with Gasteiger partial charge in [-0.05, 0) is 37.2 Å². The number of hydrogen-bond acceptors (Lipinski definition) is 12. The number of nitrogens with one attached hydrogen (secondary N) is 2. The van der Waals surface area contributed by atoms with Crippen LogP contribution in [0.1, 0.15) is 29.5 Å². The van der Waals surface area contributed by atoms with Crippen LogP contribution in [0.4, 0.5) is 5.69 Å². The Balaban J connectivity index is 1.49. The topological polar surface area (TPSA) is 232 Å². The van der Waals surface area contributed by atoms with E-state index in [4.69, 9.17) is 10.6 Å². The standard InChI is InChI=1S/C31H34N4O10/c1-13-15-9-10-16(34-17(36)11-33-45-12-14-7-5-4-6-8-14)24(37)19(15)25(38)20-18(13)26(39)22-23(35(2)3)27(40)21(30(32)43)29(42)31(22,44)28(20)41/h4-10,13,18,22-23,26,33,37-39,42,44H,11-12H2,1-3H3,(H2,32,43)(H,34,36)/t13?,18?,22?,23-,26?,31-/m0/s1. The monoisotopic (exact) mass is 622 g/mol. The van der Waals surface area contributed by atoms with E-state index in [1.807, 2.05) is 30.3 Å². The highest BCUT2D eigenvalue weighted by atomic mass is 16.6. The molecular weight excluding hydrogens is 588 g/mol. The van der Waals surface area contributed by atoms with E-state index >= 15 is 0 Å². The van der Waals surface area contributed by atoms with Crippen LogP contribution in [0.3, 0.4) is 0 Å². The molecule has 2 amide bonds. The number of hydrogen-bond donors (Lipinski definition) is 8. The van der Waals surface area contributed by atoms with Gasteiger partial charge in [0.15, 0.2) is 11.4 Å². The lowest BCUT2D eigenvalue weighted by molar-refractivity contribution is -0.169. The van der Waals surface area contributed by atoms with Crippen LogP contribution in [0, 0.1) is 11.8 Å². The molecule has 45 heavy (non-hydrogen) atoms. The van der Waals surface area contributed by atoms with E-state index in [0.29, 0.717) is 5.56 Å². The number of hydroxylamine groups is 1. The number of Topliss-reactive ketones (excluding diaryl/α,β-unsaturated/α-hetero) is 2. The highest BCUT2D eigenvalue weighted by molar-refractivity contribution is 6.24. The Hall–Kier alpha value is -4.60. The molecule has 0 saturated heterocycles. The zero-order chi connectivity index (χ0) is 33.0. The lowest BCUT2D eigenvalue weighted by atomic mass is 9.54. The first-order valence-corrected chi connectivity index (χ1v) is 14.1. The Labute approximate surface area is 257 Å². The number of benzene rings is 2. The Bertz CT molecular complexity index is 1650. The summed E-state index contributed by atoms with van der Waals surface area (Å²) in [5, 5.41) is 59.5. The van der Waals surface area contributed by atoms with E-state index < -0.39 is 87.3 Å². The average molecular weight is 623 g/mol. The van der Waals surface area contributed by atoms with E-state index in [9.17, 15) is 44.7 Å². The molecule has 14 nitrogen and oxygen atoms in total.